The number of aromatic nitrogens is 2. The van der Waals surface area contributed by atoms with Crippen LogP contribution in [0.25, 0.3) is 22.0 Å². The van der Waals surface area contributed by atoms with Crippen LogP contribution < -0.4 is 9.80 Å². The first-order chi connectivity index (χ1) is 13.4. The fourth-order valence-electron chi connectivity index (χ4n) is 4.33. The summed E-state index contributed by atoms with van der Waals surface area (Å²) in [6.45, 7) is 5.51. The highest BCUT2D eigenvalue weighted by molar-refractivity contribution is 6.03. The number of morpholine rings is 1. The molecule has 2 aromatic carbocycles. The van der Waals surface area contributed by atoms with Crippen LogP contribution in [0.4, 0.5) is 11.5 Å². The molecule has 1 aliphatic carbocycles. The number of aromatic amines is 2. The highest BCUT2D eigenvalue weighted by Gasteiger charge is 2.38. The number of benzene rings is 2. The van der Waals surface area contributed by atoms with E-state index in [1.165, 1.54) is 33.5 Å². The molecule has 5 nitrogen and oxygen atoms in total. The van der Waals surface area contributed by atoms with Gasteiger partial charge in [0.05, 0.1) is 31.0 Å². The van der Waals surface area contributed by atoms with E-state index in [0.29, 0.717) is 0 Å². The van der Waals surface area contributed by atoms with Gasteiger partial charge in [-0.15, -0.1) is 24.8 Å². The Balaban J connectivity index is 0.00000120. The Labute approximate surface area is 183 Å². The number of H-pyrrole nitrogens is 2. The molecule has 0 amide bonds. The first kappa shape index (κ1) is 21.5. The number of anilines is 1. The fraction of sp³-hybridized carbons (Fsp3) is 0.273. The molecular weight excluding hydrogens is 407 g/mol. The minimum atomic E-state index is 0. The first-order valence-corrected chi connectivity index (χ1v) is 9.67. The monoisotopic (exact) mass is 433 g/mol. The largest absolute Gasteiger partial charge is 0.379 e. The van der Waals surface area contributed by atoms with Crippen molar-refractivity contribution in [1.82, 2.24) is 14.7 Å². The maximum atomic E-state index is 5.70. The molecule has 1 saturated heterocycles. The second-order valence-corrected chi connectivity index (χ2v) is 7.34. The van der Waals surface area contributed by atoms with Crippen molar-refractivity contribution in [3.05, 3.63) is 60.7 Å². The standard InChI is InChI=1S/C22H25N4O.2ClH/c1-2-7-18(8-3-1)23-10-11-26(12-14-27-15-13-26)22-20-16-17-6-4-5-9-19(17)21(20)24-25-22;;/h1-9,16,23-25H,10-15H2;2*1H/q+1;;. The van der Waals surface area contributed by atoms with E-state index in [4.69, 9.17) is 4.74 Å². The van der Waals surface area contributed by atoms with E-state index in [-0.39, 0.29) is 24.8 Å². The number of fused-ring (bicyclic) bond motifs is 3. The lowest BCUT2D eigenvalue weighted by atomic mass is 10.2. The molecule has 0 radical (unpaired) electrons. The minimum Gasteiger partial charge on any atom is -0.379 e. The Morgan fingerprint density at radius 1 is 0.897 bits per heavy atom. The van der Waals surface area contributed by atoms with Crippen LogP contribution in [-0.4, -0.2) is 49.6 Å². The molecule has 0 spiro atoms. The zero-order valence-electron chi connectivity index (χ0n) is 16.2. The molecule has 0 unspecified atom stereocenters. The number of hydrogen-bond acceptors (Lipinski definition) is 2. The molecule has 0 saturated carbocycles. The lowest BCUT2D eigenvalue weighted by Gasteiger charge is -2.39. The van der Waals surface area contributed by atoms with Gasteiger partial charge in [0.2, 0.25) is 5.82 Å². The molecule has 3 N–H and O–H groups in total. The highest BCUT2D eigenvalue weighted by Crippen LogP contribution is 2.41. The van der Waals surface area contributed by atoms with Crippen LogP contribution in [0.2, 0.25) is 0 Å². The molecule has 154 valence electrons. The first-order valence-electron chi connectivity index (χ1n) is 9.67. The van der Waals surface area contributed by atoms with Gasteiger partial charge in [0.15, 0.2) is 0 Å². The van der Waals surface area contributed by atoms with E-state index in [2.05, 4.69) is 70.1 Å². The molecule has 0 atom stereocenters. The van der Waals surface area contributed by atoms with Crippen molar-refractivity contribution in [2.45, 2.75) is 0 Å². The van der Waals surface area contributed by atoms with Crippen LogP contribution in [0.5, 0.6) is 0 Å². The molecule has 0 aromatic heterocycles. The quantitative estimate of drug-likeness (QED) is 0.392. The summed E-state index contributed by atoms with van der Waals surface area (Å²) >= 11 is 0. The predicted octanol–water partition coefficient (Wildman–Crippen LogP) is 4.89. The molecular formula is C22H27Cl2N4O+. The van der Waals surface area contributed by atoms with Crippen molar-refractivity contribution in [2.75, 3.05) is 44.7 Å². The number of hydrogen-bond donors (Lipinski definition) is 3. The normalized spacial score (nSPS) is 15.6. The van der Waals surface area contributed by atoms with Gasteiger partial charge in [0, 0.05) is 11.1 Å². The second kappa shape index (κ2) is 9.09. The topological polar surface area (TPSA) is 52.8 Å². The number of para-hydroxylation sites is 1. The van der Waals surface area contributed by atoms with Gasteiger partial charge in [-0.1, -0.05) is 42.5 Å². The zero-order valence-corrected chi connectivity index (χ0v) is 17.8. The number of ether oxygens (including phenoxy) is 1. The van der Waals surface area contributed by atoms with Gasteiger partial charge in [-0.3, -0.25) is 14.7 Å². The Morgan fingerprint density at radius 3 is 2.41 bits per heavy atom. The van der Waals surface area contributed by atoms with E-state index < -0.39 is 0 Å². The molecule has 5 rings (SSSR count). The number of rotatable bonds is 5. The van der Waals surface area contributed by atoms with Crippen LogP contribution in [0, 0.1) is 0 Å². The van der Waals surface area contributed by atoms with Crippen molar-refractivity contribution >= 4 is 47.1 Å². The molecule has 7 heteroatoms. The summed E-state index contributed by atoms with van der Waals surface area (Å²) in [5.74, 6) is 1.28. The smallest absolute Gasteiger partial charge is 0.229 e. The van der Waals surface area contributed by atoms with Gasteiger partial charge < -0.3 is 10.1 Å². The highest BCUT2D eigenvalue weighted by atomic mass is 35.5. The minimum absolute atomic E-state index is 0. The van der Waals surface area contributed by atoms with E-state index >= 15 is 0 Å². The summed E-state index contributed by atoms with van der Waals surface area (Å²) in [7, 11) is 0. The van der Waals surface area contributed by atoms with Crippen molar-refractivity contribution in [3.63, 3.8) is 0 Å². The molecule has 29 heavy (non-hydrogen) atoms. The summed E-state index contributed by atoms with van der Waals surface area (Å²) in [6.07, 6.45) is 0. The van der Waals surface area contributed by atoms with E-state index in [9.17, 15) is 0 Å². The summed E-state index contributed by atoms with van der Waals surface area (Å²) in [6, 6.07) is 21.3. The van der Waals surface area contributed by atoms with Crippen LogP contribution in [0.3, 0.4) is 0 Å². The number of nitrogens with one attached hydrogen (secondary N) is 3. The van der Waals surface area contributed by atoms with Crippen molar-refractivity contribution < 1.29 is 4.74 Å². The molecule has 3 aliphatic rings. The molecule has 2 heterocycles. The van der Waals surface area contributed by atoms with Crippen molar-refractivity contribution in [1.29, 1.82) is 0 Å². The van der Waals surface area contributed by atoms with E-state index in [0.717, 1.165) is 43.9 Å². The average Bonchev–Trinajstić information content (AvgIpc) is 3.29. The maximum Gasteiger partial charge on any atom is 0.229 e. The third kappa shape index (κ3) is 3.96. The molecule has 2 aliphatic heterocycles. The number of quaternary nitrogens is 1. The van der Waals surface area contributed by atoms with Gasteiger partial charge in [-0.05, 0) is 23.6 Å². The molecule has 1 fully saturated rings. The van der Waals surface area contributed by atoms with Crippen LogP contribution >= 0.6 is 24.8 Å². The van der Waals surface area contributed by atoms with Crippen LogP contribution in [0.15, 0.2) is 60.7 Å². The average molecular weight is 434 g/mol. The second-order valence-electron chi connectivity index (χ2n) is 7.34. The lowest BCUT2D eigenvalue weighted by molar-refractivity contribution is 0.0412. The summed E-state index contributed by atoms with van der Waals surface area (Å²) < 4.78 is 6.61. The Morgan fingerprint density at radius 2 is 1.62 bits per heavy atom. The molecule has 2 aromatic rings. The SMILES string of the molecule is Cl.Cl.c1ccc(NCC[N+]2(c3[nH][nH]c4c5ccccc5cc3-4)CCOCC2)cc1. The van der Waals surface area contributed by atoms with Gasteiger partial charge in [-0.25, -0.2) is 0 Å². The van der Waals surface area contributed by atoms with Gasteiger partial charge >= 0.3 is 0 Å². The van der Waals surface area contributed by atoms with Gasteiger partial charge in [0.1, 0.15) is 19.6 Å². The third-order valence-corrected chi connectivity index (χ3v) is 5.80. The van der Waals surface area contributed by atoms with Gasteiger partial charge in [0.25, 0.3) is 0 Å². The van der Waals surface area contributed by atoms with Crippen molar-refractivity contribution in [2.24, 2.45) is 0 Å². The summed E-state index contributed by atoms with van der Waals surface area (Å²) in [5, 5.41) is 13.1. The number of halogens is 2. The summed E-state index contributed by atoms with van der Waals surface area (Å²) in [5.41, 5.74) is 3.68. The molecule has 0 bridgehead atoms. The van der Waals surface area contributed by atoms with Crippen LogP contribution in [-0.2, 0) is 4.74 Å². The zero-order chi connectivity index (χ0) is 18.1. The number of nitrogens with zero attached hydrogens (tertiary/aromatic N) is 1. The lowest BCUT2D eigenvalue weighted by Crippen LogP contribution is -2.58. The van der Waals surface area contributed by atoms with Crippen LogP contribution in [0.1, 0.15) is 0 Å². The summed E-state index contributed by atoms with van der Waals surface area (Å²) in [4.78, 5) is 0. The van der Waals surface area contributed by atoms with Crippen molar-refractivity contribution in [3.8, 4) is 11.3 Å². The maximum absolute atomic E-state index is 5.70. The van der Waals surface area contributed by atoms with E-state index in [1.807, 2.05) is 6.07 Å². The third-order valence-electron chi connectivity index (χ3n) is 5.80. The Bertz CT molecular complexity index is 1010. The van der Waals surface area contributed by atoms with E-state index in [1.54, 1.807) is 0 Å². The van der Waals surface area contributed by atoms with Gasteiger partial charge in [-0.2, -0.15) is 0 Å². The Kier molecular flexibility index (Phi) is 6.75. The predicted molar refractivity (Wildman–Crippen MR) is 126 cm³/mol. The fourth-order valence-corrected chi connectivity index (χ4v) is 4.33. The Hall–Kier alpha value is -2.18.